The van der Waals surface area contributed by atoms with E-state index in [0.29, 0.717) is 18.1 Å². The fraction of sp³-hybridized carbons (Fsp3) is 0.615. The van der Waals surface area contributed by atoms with E-state index in [2.05, 4.69) is 38.2 Å². The van der Waals surface area contributed by atoms with Crippen molar-refractivity contribution in [1.82, 2.24) is 10.3 Å². The molecule has 2 fully saturated rings. The van der Waals surface area contributed by atoms with Crippen LogP contribution in [0.1, 0.15) is 71.4 Å². The molecule has 2 aliphatic carbocycles. The van der Waals surface area contributed by atoms with E-state index < -0.39 is 5.97 Å². The minimum atomic E-state index is -0.694. The van der Waals surface area contributed by atoms with Crippen LogP contribution in [-0.2, 0) is 11.3 Å². The van der Waals surface area contributed by atoms with Gasteiger partial charge in [-0.1, -0.05) is 33.3 Å². The summed E-state index contributed by atoms with van der Waals surface area (Å²) < 4.78 is 6.31. The van der Waals surface area contributed by atoms with E-state index in [-0.39, 0.29) is 12.0 Å². The highest BCUT2D eigenvalue weighted by Crippen LogP contribution is 2.39. The van der Waals surface area contributed by atoms with Crippen LogP contribution in [0.4, 0.5) is 0 Å². The Morgan fingerprint density at radius 2 is 1.87 bits per heavy atom. The van der Waals surface area contributed by atoms with E-state index in [4.69, 9.17) is 9.72 Å². The fourth-order valence-corrected chi connectivity index (χ4v) is 5.29. The predicted octanol–water partition coefficient (Wildman–Crippen LogP) is 5.56. The Bertz CT molecular complexity index is 912. The van der Waals surface area contributed by atoms with Gasteiger partial charge in [-0.05, 0) is 74.1 Å². The molecule has 2 aliphatic rings. The van der Waals surface area contributed by atoms with Crippen LogP contribution >= 0.6 is 0 Å². The number of aliphatic carboxylic acids is 1. The van der Waals surface area contributed by atoms with Crippen LogP contribution in [0.3, 0.4) is 0 Å². The summed E-state index contributed by atoms with van der Waals surface area (Å²) in [4.78, 5) is 16.1. The van der Waals surface area contributed by atoms with Gasteiger partial charge in [-0.25, -0.2) is 0 Å². The molecule has 1 heterocycles. The largest absolute Gasteiger partial charge is 0.490 e. The van der Waals surface area contributed by atoms with Crippen molar-refractivity contribution in [1.29, 1.82) is 0 Å². The zero-order chi connectivity index (χ0) is 22.0. The van der Waals surface area contributed by atoms with Crippen LogP contribution in [0.2, 0.25) is 0 Å². The van der Waals surface area contributed by atoms with Crippen LogP contribution in [0.15, 0.2) is 30.3 Å². The van der Waals surface area contributed by atoms with Crippen molar-refractivity contribution in [3.8, 4) is 5.75 Å². The maximum atomic E-state index is 11.4. The number of aromatic nitrogens is 1. The maximum Gasteiger partial charge on any atom is 0.308 e. The van der Waals surface area contributed by atoms with Crippen molar-refractivity contribution >= 4 is 16.9 Å². The molecular weight excluding hydrogens is 388 g/mol. The van der Waals surface area contributed by atoms with Gasteiger partial charge in [-0.2, -0.15) is 0 Å². The molecule has 4 rings (SSSR count). The zero-order valence-electron chi connectivity index (χ0n) is 19.1. The molecule has 0 unspecified atom stereocenters. The van der Waals surface area contributed by atoms with Gasteiger partial charge in [0, 0.05) is 18.0 Å². The number of ether oxygens (including phenoxy) is 1. The Hall–Kier alpha value is -2.14. The maximum absolute atomic E-state index is 11.4. The summed E-state index contributed by atoms with van der Waals surface area (Å²) in [6.07, 6.45) is 7.69. The van der Waals surface area contributed by atoms with Crippen molar-refractivity contribution in [2.75, 3.05) is 0 Å². The summed E-state index contributed by atoms with van der Waals surface area (Å²) >= 11 is 0. The number of rotatable bonds is 6. The molecule has 5 heteroatoms. The highest BCUT2D eigenvalue weighted by molar-refractivity contribution is 5.80. The van der Waals surface area contributed by atoms with Crippen LogP contribution in [-0.4, -0.2) is 28.2 Å². The van der Waals surface area contributed by atoms with Gasteiger partial charge in [-0.15, -0.1) is 0 Å². The average Bonchev–Trinajstić information content (AvgIpc) is 3.21. The predicted molar refractivity (Wildman–Crippen MR) is 123 cm³/mol. The first-order valence-electron chi connectivity index (χ1n) is 11.8. The van der Waals surface area contributed by atoms with Crippen LogP contribution < -0.4 is 10.1 Å². The summed E-state index contributed by atoms with van der Waals surface area (Å²) in [5.41, 5.74) is 2.28. The zero-order valence-corrected chi connectivity index (χ0v) is 19.1. The second kappa shape index (κ2) is 9.15. The Kier molecular flexibility index (Phi) is 6.52. The summed E-state index contributed by atoms with van der Waals surface area (Å²) in [5, 5.41) is 13.8. The first-order chi connectivity index (χ1) is 14.8. The van der Waals surface area contributed by atoms with E-state index in [1.807, 2.05) is 18.2 Å². The number of nitrogens with one attached hydrogen (secondary N) is 1. The third-order valence-corrected chi connectivity index (χ3v) is 7.30. The number of hydrogen-bond acceptors (Lipinski definition) is 4. The molecule has 1 aromatic heterocycles. The third kappa shape index (κ3) is 5.38. The molecule has 0 spiro atoms. The molecule has 1 aromatic carbocycles. The first-order valence-corrected chi connectivity index (χ1v) is 11.8. The number of fused-ring (bicyclic) bond motifs is 1. The highest BCUT2D eigenvalue weighted by atomic mass is 16.5. The number of carbonyl (C=O) groups is 1. The fourth-order valence-electron chi connectivity index (χ4n) is 5.29. The molecule has 2 saturated carbocycles. The lowest BCUT2D eigenvalue weighted by molar-refractivity contribution is -0.142. The van der Waals surface area contributed by atoms with Crippen molar-refractivity contribution in [2.24, 2.45) is 17.3 Å². The van der Waals surface area contributed by atoms with Gasteiger partial charge >= 0.3 is 5.97 Å². The average molecular weight is 425 g/mol. The molecule has 2 atom stereocenters. The summed E-state index contributed by atoms with van der Waals surface area (Å²) in [6.45, 7) is 7.63. The van der Waals surface area contributed by atoms with E-state index >= 15 is 0 Å². The van der Waals surface area contributed by atoms with Crippen molar-refractivity contribution in [2.45, 2.75) is 84.4 Å². The molecule has 0 bridgehead atoms. The number of carboxylic acids is 1. The molecule has 31 heavy (non-hydrogen) atoms. The molecule has 0 aliphatic heterocycles. The Morgan fingerprint density at radius 3 is 2.58 bits per heavy atom. The van der Waals surface area contributed by atoms with Gasteiger partial charge in [0.1, 0.15) is 5.75 Å². The minimum absolute atomic E-state index is 0.0409. The van der Waals surface area contributed by atoms with Gasteiger partial charge in [0.05, 0.1) is 23.2 Å². The quantitative estimate of drug-likeness (QED) is 0.635. The number of benzene rings is 1. The SMILES string of the molecule is CC(C)(C)[C@H]1CC[C@H](Oc2ccc3nc(CN[C@@H]4CCC[C@@H]4C(=O)O)ccc3c2)CC1. The smallest absolute Gasteiger partial charge is 0.308 e. The normalized spacial score (nSPS) is 26.8. The van der Waals surface area contributed by atoms with Gasteiger partial charge < -0.3 is 15.2 Å². The standard InChI is InChI=1S/C26H36N2O3/c1-26(2,3)18-8-11-20(12-9-18)31-21-13-14-23-17(15-21)7-10-19(28-23)16-27-24-6-4-5-22(24)25(29)30/h7,10,13-15,18,20,22,24,27H,4-6,8-9,11-12,16H2,1-3H3,(H,29,30)/t18-,20-,22-,24+/m0/s1. The van der Waals surface area contributed by atoms with E-state index in [0.717, 1.165) is 60.4 Å². The molecule has 2 aromatic rings. The first kappa shape index (κ1) is 22.1. The van der Waals surface area contributed by atoms with Crippen molar-refractivity contribution in [3.63, 3.8) is 0 Å². The summed E-state index contributed by atoms with van der Waals surface area (Å²) in [6, 6.07) is 10.3. The molecule has 2 N–H and O–H groups in total. The molecular formula is C26H36N2O3. The van der Waals surface area contributed by atoms with Crippen LogP contribution in [0, 0.1) is 17.3 Å². The van der Waals surface area contributed by atoms with Crippen molar-refractivity contribution < 1.29 is 14.6 Å². The summed E-state index contributed by atoms with van der Waals surface area (Å²) in [7, 11) is 0. The van der Waals surface area contributed by atoms with E-state index in [1.165, 1.54) is 12.8 Å². The second-order valence-electron chi connectivity index (χ2n) is 10.5. The molecule has 5 nitrogen and oxygen atoms in total. The molecule has 0 saturated heterocycles. The third-order valence-electron chi connectivity index (χ3n) is 7.30. The number of carboxylic acid groups (broad SMARTS) is 1. The number of nitrogens with zero attached hydrogens (tertiary/aromatic N) is 1. The lowest BCUT2D eigenvalue weighted by Crippen LogP contribution is -2.36. The topological polar surface area (TPSA) is 71.5 Å². The Balaban J connectivity index is 1.35. The lowest BCUT2D eigenvalue weighted by atomic mass is 9.72. The van der Waals surface area contributed by atoms with Gasteiger partial charge in [0.15, 0.2) is 0 Å². The molecule has 0 radical (unpaired) electrons. The number of hydrogen-bond donors (Lipinski definition) is 2. The van der Waals surface area contributed by atoms with Crippen LogP contribution in [0.25, 0.3) is 10.9 Å². The van der Waals surface area contributed by atoms with Gasteiger partial charge in [0.2, 0.25) is 0 Å². The second-order valence-corrected chi connectivity index (χ2v) is 10.5. The van der Waals surface area contributed by atoms with Crippen LogP contribution in [0.5, 0.6) is 5.75 Å². The Morgan fingerprint density at radius 1 is 1.10 bits per heavy atom. The van der Waals surface area contributed by atoms with Gasteiger partial charge in [0.25, 0.3) is 0 Å². The lowest BCUT2D eigenvalue weighted by Gasteiger charge is -2.36. The van der Waals surface area contributed by atoms with E-state index in [1.54, 1.807) is 0 Å². The number of pyridine rings is 1. The van der Waals surface area contributed by atoms with E-state index in [9.17, 15) is 9.90 Å². The Labute approximate surface area is 185 Å². The van der Waals surface area contributed by atoms with Gasteiger partial charge in [-0.3, -0.25) is 9.78 Å². The van der Waals surface area contributed by atoms with Crippen molar-refractivity contribution in [3.05, 3.63) is 36.0 Å². The minimum Gasteiger partial charge on any atom is -0.490 e. The summed E-state index contributed by atoms with van der Waals surface area (Å²) in [5.74, 6) is 0.740. The highest BCUT2D eigenvalue weighted by Gasteiger charge is 2.32. The monoisotopic (exact) mass is 424 g/mol. The molecule has 168 valence electrons. The molecule has 0 amide bonds.